The van der Waals surface area contributed by atoms with Crippen molar-refractivity contribution in [1.29, 1.82) is 0 Å². The van der Waals surface area contributed by atoms with E-state index in [1.165, 1.54) is 0 Å². The monoisotopic (exact) mass is 214 g/mol. The second-order valence-corrected chi connectivity index (χ2v) is 5.68. The van der Waals surface area contributed by atoms with Crippen molar-refractivity contribution < 1.29 is 9.53 Å². The number of ether oxygens (including phenoxy) is 1. The molecule has 1 amide bonds. The van der Waals surface area contributed by atoms with Crippen molar-refractivity contribution in [2.75, 3.05) is 26.2 Å². The zero-order valence-electron chi connectivity index (χ0n) is 10.1. The van der Waals surface area contributed by atoms with Crippen LogP contribution in [0.1, 0.15) is 27.7 Å². The van der Waals surface area contributed by atoms with Gasteiger partial charge in [0.1, 0.15) is 6.61 Å². The molecule has 0 bridgehead atoms. The predicted molar refractivity (Wildman–Crippen MR) is 59.7 cm³/mol. The van der Waals surface area contributed by atoms with Gasteiger partial charge in [0.2, 0.25) is 5.91 Å². The highest BCUT2D eigenvalue weighted by Crippen LogP contribution is 2.14. The molecule has 0 radical (unpaired) electrons. The molecule has 88 valence electrons. The number of carbonyl (C=O) groups excluding carboxylic acids is 1. The molecule has 0 aromatic carbocycles. The molecular formula is C11H22N2O2. The van der Waals surface area contributed by atoms with E-state index < -0.39 is 0 Å². The van der Waals surface area contributed by atoms with E-state index in [0.717, 1.165) is 13.1 Å². The summed E-state index contributed by atoms with van der Waals surface area (Å²) < 4.78 is 5.52. The molecule has 0 aromatic heterocycles. The molecule has 0 saturated carbocycles. The van der Waals surface area contributed by atoms with Gasteiger partial charge >= 0.3 is 0 Å². The normalized spacial score (nSPS) is 19.5. The molecule has 1 saturated heterocycles. The van der Waals surface area contributed by atoms with Gasteiger partial charge in [-0.2, -0.15) is 0 Å². The quantitative estimate of drug-likeness (QED) is 0.717. The highest BCUT2D eigenvalue weighted by Gasteiger charge is 2.33. The van der Waals surface area contributed by atoms with Crippen molar-refractivity contribution in [2.24, 2.45) is 5.41 Å². The van der Waals surface area contributed by atoms with Crippen LogP contribution < -0.4 is 10.6 Å². The Morgan fingerprint density at radius 3 is 2.47 bits per heavy atom. The van der Waals surface area contributed by atoms with Crippen LogP contribution in [-0.4, -0.2) is 37.7 Å². The largest absolute Gasteiger partial charge is 0.363 e. The van der Waals surface area contributed by atoms with Crippen LogP contribution in [0.3, 0.4) is 0 Å². The van der Waals surface area contributed by atoms with Crippen LogP contribution in [0.4, 0.5) is 0 Å². The van der Waals surface area contributed by atoms with Crippen LogP contribution in [-0.2, 0) is 9.53 Å². The molecule has 15 heavy (non-hydrogen) atoms. The van der Waals surface area contributed by atoms with E-state index in [2.05, 4.69) is 31.4 Å². The average molecular weight is 214 g/mol. The highest BCUT2D eigenvalue weighted by molar-refractivity contribution is 5.77. The first-order chi connectivity index (χ1) is 6.81. The minimum atomic E-state index is -0.140. The fraction of sp³-hybridized carbons (Fsp3) is 0.909. The maximum absolute atomic E-state index is 11.4. The summed E-state index contributed by atoms with van der Waals surface area (Å²) in [4.78, 5) is 11.4. The number of nitrogens with one attached hydrogen (secondary N) is 2. The van der Waals surface area contributed by atoms with Crippen LogP contribution in [0.25, 0.3) is 0 Å². The lowest BCUT2D eigenvalue weighted by atomic mass is 9.97. The van der Waals surface area contributed by atoms with Crippen molar-refractivity contribution in [3.8, 4) is 0 Å². The number of amides is 1. The molecule has 1 rings (SSSR count). The lowest BCUT2D eigenvalue weighted by molar-refractivity contribution is -0.136. The van der Waals surface area contributed by atoms with Crippen molar-refractivity contribution >= 4 is 5.91 Å². The molecule has 1 aliphatic rings. The molecule has 2 N–H and O–H groups in total. The van der Waals surface area contributed by atoms with Crippen LogP contribution in [0.5, 0.6) is 0 Å². The summed E-state index contributed by atoms with van der Waals surface area (Å²) in [7, 11) is 0. The summed E-state index contributed by atoms with van der Waals surface area (Å²) >= 11 is 0. The Balaban J connectivity index is 2.14. The Labute approximate surface area is 91.8 Å². The lowest BCUT2D eigenvalue weighted by Gasteiger charge is -2.38. The fourth-order valence-corrected chi connectivity index (χ4v) is 1.23. The third-order valence-corrected chi connectivity index (χ3v) is 2.37. The van der Waals surface area contributed by atoms with E-state index in [-0.39, 0.29) is 23.5 Å². The average Bonchev–Trinajstić information content (AvgIpc) is 2.07. The number of hydrogen-bond donors (Lipinski definition) is 2. The number of rotatable bonds is 4. The topological polar surface area (TPSA) is 50.4 Å². The molecule has 0 spiro atoms. The van der Waals surface area contributed by atoms with Gasteiger partial charge in [-0.15, -0.1) is 0 Å². The first-order valence-corrected chi connectivity index (χ1v) is 5.42. The molecule has 0 atom stereocenters. The number of carbonyl (C=O) groups is 1. The van der Waals surface area contributed by atoms with Crippen LogP contribution in [0.15, 0.2) is 0 Å². The van der Waals surface area contributed by atoms with E-state index in [1.807, 2.05) is 6.92 Å². The second-order valence-electron chi connectivity index (χ2n) is 5.68. The van der Waals surface area contributed by atoms with Crippen LogP contribution >= 0.6 is 0 Å². The summed E-state index contributed by atoms with van der Waals surface area (Å²) in [5, 5.41) is 5.98. The van der Waals surface area contributed by atoms with Gasteiger partial charge < -0.3 is 15.4 Å². The van der Waals surface area contributed by atoms with Gasteiger partial charge in [0.25, 0.3) is 0 Å². The highest BCUT2D eigenvalue weighted by atomic mass is 16.5. The Morgan fingerprint density at radius 1 is 1.47 bits per heavy atom. The van der Waals surface area contributed by atoms with Crippen molar-refractivity contribution in [1.82, 2.24) is 10.6 Å². The van der Waals surface area contributed by atoms with Crippen molar-refractivity contribution in [2.45, 2.75) is 33.3 Å². The maximum Gasteiger partial charge on any atom is 0.246 e. The zero-order chi connectivity index (χ0) is 11.5. The molecule has 1 aliphatic heterocycles. The van der Waals surface area contributed by atoms with Gasteiger partial charge in [-0.25, -0.2) is 0 Å². The summed E-state index contributed by atoms with van der Waals surface area (Å²) in [5.74, 6) is -0.0296. The third-order valence-electron chi connectivity index (χ3n) is 2.37. The standard InChI is InChI=1S/C11H22N2O2/c1-10(2,3)6-13-9(14)5-15-11(4)7-12-8-11/h12H,5-8H2,1-4H3,(H,13,14). The Hall–Kier alpha value is -0.610. The van der Waals surface area contributed by atoms with Crippen LogP contribution in [0, 0.1) is 5.41 Å². The van der Waals surface area contributed by atoms with Gasteiger partial charge in [-0.1, -0.05) is 20.8 Å². The summed E-state index contributed by atoms with van der Waals surface area (Å²) in [5.41, 5.74) is -0.0172. The zero-order valence-corrected chi connectivity index (χ0v) is 10.1. The first kappa shape index (κ1) is 12.5. The van der Waals surface area contributed by atoms with E-state index in [0.29, 0.717) is 6.54 Å². The second kappa shape index (κ2) is 4.49. The summed E-state index contributed by atoms with van der Waals surface area (Å²) in [6.07, 6.45) is 0. The fourth-order valence-electron chi connectivity index (χ4n) is 1.23. The summed E-state index contributed by atoms with van der Waals surface area (Å²) in [6.45, 7) is 10.8. The Bertz CT molecular complexity index is 229. The van der Waals surface area contributed by atoms with E-state index in [4.69, 9.17) is 4.74 Å². The number of hydrogen-bond acceptors (Lipinski definition) is 3. The molecule has 0 aliphatic carbocycles. The smallest absolute Gasteiger partial charge is 0.246 e. The molecule has 1 fully saturated rings. The van der Waals surface area contributed by atoms with E-state index in [9.17, 15) is 4.79 Å². The molecule has 4 nitrogen and oxygen atoms in total. The minimum absolute atomic E-state index is 0.0296. The predicted octanol–water partition coefficient (Wildman–Crippen LogP) is 0.527. The minimum Gasteiger partial charge on any atom is -0.363 e. The molecule has 4 heteroatoms. The van der Waals surface area contributed by atoms with Gasteiger partial charge in [0.15, 0.2) is 0 Å². The van der Waals surface area contributed by atoms with Crippen molar-refractivity contribution in [3.05, 3.63) is 0 Å². The van der Waals surface area contributed by atoms with Gasteiger partial charge in [0.05, 0.1) is 5.60 Å². The SMILES string of the molecule is CC(C)(C)CNC(=O)COC1(C)CNC1. The lowest BCUT2D eigenvalue weighted by Crippen LogP contribution is -2.59. The van der Waals surface area contributed by atoms with E-state index >= 15 is 0 Å². The van der Waals surface area contributed by atoms with Gasteiger partial charge in [0, 0.05) is 19.6 Å². The molecule has 1 heterocycles. The van der Waals surface area contributed by atoms with Gasteiger partial charge in [-0.3, -0.25) is 4.79 Å². The van der Waals surface area contributed by atoms with Crippen molar-refractivity contribution in [3.63, 3.8) is 0 Å². The van der Waals surface area contributed by atoms with Crippen LogP contribution in [0.2, 0.25) is 0 Å². The first-order valence-electron chi connectivity index (χ1n) is 5.42. The molecular weight excluding hydrogens is 192 g/mol. The maximum atomic E-state index is 11.4. The molecule has 0 aromatic rings. The summed E-state index contributed by atoms with van der Waals surface area (Å²) in [6, 6.07) is 0. The Kier molecular flexibility index (Phi) is 3.73. The Morgan fingerprint density at radius 2 is 2.07 bits per heavy atom. The van der Waals surface area contributed by atoms with Gasteiger partial charge in [-0.05, 0) is 12.3 Å². The molecule has 0 unspecified atom stereocenters. The van der Waals surface area contributed by atoms with E-state index in [1.54, 1.807) is 0 Å². The third kappa shape index (κ3) is 4.62.